The molecule has 0 bridgehead atoms. The summed E-state index contributed by atoms with van der Waals surface area (Å²) in [5.41, 5.74) is 0.230. The highest BCUT2D eigenvalue weighted by Gasteiger charge is 2.35. The highest BCUT2D eigenvalue weighted by Crippen LogP contribution is 2.31. The lowest BCUT2D eigenvalue weighted by Gasteiger charge is -2.31. The summed E-state index contributed by atoms with van der Waals surface area (Å²) in [6, 6.07) is 6.40. The van der Waals surface area contributed by atoms with E-state index < -0.39 is 45.0 Å². The smallest absolute Gasteiger partial charge is 0.246 e. The van der Waals surface area contributed by atoms with Gasteiger partial charge in [-0.05, 0) is 49.6 Å². The van der Waals surface area contributed by atoms with E-state index in [-0.39, 0.29) is 23.7 Å². The summed E-state index contributed by atoms with van der Waals surface area (Å²) in [4.78, 5) is 12.6. The van der Waals surface area contributed by atoms with Crippen LogP contribution in [0.3, 0.4) is 0 Å². The number of sulfonamides is 1. The summed E-state index contributed by atoms with van der Waals surface area (Å²) in [6.45, 7) is 1.83. The number of methoxy groups -OCH3 is 1. The molecule has 162 valence electrons. The van der Waals surface area contributed by atoms with E-state index in [4.69, 9.17) is 4.74 Å². The highest BCUT2D eigenvalue weighted by atomic mass is 32.2. The normalized spacial score (nSPS) is 17.6. The number of hydrogen-bond acceptors (Lipinski definition) is 4. The van der Waals surface area contributed by atoms with Gasteiger partial charge < -0.3 is 10.1 Å². The molecule has 0 unspecified atom stereocenters. The van der Waals surface area contributed by atoms with Crippen molar-refractivity contribution in [3.05, 3.63) is 53.3 Å². The molecule has 1 atom stereocenters. The van der Waals surface area contributed by atoms with Crippen LogP contribution in [0.1, 0.15) is 18.4 Å². The van der Waals surface area contributed by atoms with E-state index in [0.29, 0.717) is 18.9 Å². The van der Waals surface area contributed by atoms with Crippen molar-refractivity contribution < 1.29 is 31.1 Å². The zero-order valence-electron chi connectivity index (χ0n) is 16.4. The zero-order chi connectivity index (χ0) is 22.1. The van der Waals surface area contributed by atoms with Crippen molar-refractivity contribution >= 4 is 21.6 Å². The van der Waals surface area contributed by atoms with Gasteiger partial charge in [0.2, 0.25) is 15.9 Å². The monoisotopic (exact) mass is 442 g/mol. The van der Waals surface area contributed by atoms with Gasteiger partial charge in [0.05, 0.1) is 18.7 Å². The fraction of sp³-hybridized carbons (Fsp3) is 0.350. The van der Waals surface area contributed by atoms with Crippen molar-refractivity contribution in [1.82, 2.24) is 4.31 Å². The van der Waals surface area contributed by atoms with E-state index in [2.05, 4.69) is 5.32 Å². The van der Waals surface area contributed by atoms with Crippen LogP contribution >= 0.6 is 0 Å². The first-order chi connectivity index (χ1) is 14.1. The largest absolute Gasteiger partial charge is 0.495 e. The Labute approximate surface area is 172 Å². The molecule has 30 heavy (non-hydrogen) atoms. The lowest BCUT2D eigenvalue weighted by Crippen LogP contribution is -2.43. The Kier molecular flexibility index (Phi) is 6.37. The Bertz CT molecular complexity index is 1080. The number of piperidine rings is 1. The van der Waals surface area contributed by atoms with Crippen molar-refractivity contribution in [2.45, 2.75) is 24.7 Å². The van der Waals surface area contributed by atoms with Crippen LogP contribution in [0, 0.1) is 30.3 Å². The average molecular weight is 442 g/mol. The first-order valence-corrected chi connectivity index (χ1v) is 10.7. The Morgan fingerprint density at radius 3 is 2.60 bits per heavy atom. The second-order valence-corrected chi connectivity index (χ2v) is 8.98. The molecule has 1 amide bonds. The van der Waals surface area contributed by atoms with Crippen molar-refractivity contribution in [1.29, 1.82) is 0 Å². The number of halogens is 3. The SMILES string of the molecule is COc1ccc(C)cc1S(=O)(=O)N1CCC[C@H](C(=O)Nc2ccc(F)c(F)c2F)C1. The number of nitrogens with zero attached hydrogens (tertiary/aromatic N) is 1. The average Bonchev–Trinajstić information content (AvgIpc) is 2.74. The van der Waals surface area contributed by atoms with E-state index >= 15 is 0 Å². The molecule has 0 saturated carbocycles. The number of carbonyl (C=O) groups is 1. The Balaban J connectivity index is 1.81. The van der Waals surface area contributed by atoms with Gasteiger partial charge in [0.15, 0.2) is 17.5 Å². The summed E-state index contributed by atoms with van der Waals surface area (Å²) >= 11 is 0. The summed E-state index contributed by atoms with van der Waals surface area (Å²) < 4.78 is 73.0. The Hall–Kier alpha value is -2.59. The number of ether oxygens (including phenoxy) is 1. The molecule has 3 rings (SSSR count). The summed E-state index contributed by atoms with van der Waals surface area (Å²) in [7, 11) is -2.57. The number of aryl methyl sites for hydroxylation is 1. The van der Waals surface area contributed by atoms with Crippen LogP contribution < -0.4 is 10.1 Å². The van der Waals surface area contributed by atoms with Gasteiger partial charge in [-0.25, -0.2) is 21.6 Å². The standard InChI is InChI=1S/C20H21F3N2O4S/c1-12-5-8-16(29-2)17(10-12)30(27,28)25-9-3-4-13(11-25)20(26)24-15-7-6-14(21)18(22)19(15)23/h5-8,10,13H,3-4,9,11H2,1-2H3,(H,24,26)/t13-/m0/s1. The van der Waals surface area contributed by atoms with Gasteiger partial charge in [-0.3, -0.25) is 4.79 Å². The lowest BCUT2D eigenvalue weighted by molar-refractivity contribution is -0.120. The maximum absolute atomic E-state index is 13.8. The van der Waals surface area contributed by atoms with Crippen LogP contribution in [0.25, 0.3) is 0 Å². The molecule has 1 aliphatic heterocycles. The Morgan fingerprint density at radius 2 is 1.90 bits per heavy atom. The minimum atomic E-state index is -3.94. The molecule has 1 fully saturated rings. The van der Waals surface area contributed by atoms with E-state index in [1.165, 1.54) is 17.5 Å². The van der Waals surface area contributed by atoms with Crippen LogP contribution in [-0.2, 0) is 14.8 Å². The second-order valence-electron chi connectivity index (χ2n) is 7.07. The third-order valence-electron chi connectivity index (χ3n) is 4.98. The molecule has 1 aliphatic rings. The van der Waals surface area contributed by atoms with Gasteiger partial charge in [-0.1, -0.05) is 6.07 Å². The maximum atomic E-state index is 13.8. The Morgan fingerprint density at radius 1 is 1.17 bits per heavy atom. The number of nitrogens with one attached hydrogen (secondary N) is 1. The molecule has 1 heterocycles. The van der Waals surface area contributed by atoms with Crippen LogP contribution in [0.2, 0.25) is 0 Å². The van der Waals surface area contributed by atoms with Gasteiger partial charge in [-0.2, -0.15) is 4.31 Å². The van der Waals surface area contributed by atoms with Gasteiger partial charge >= 0.3 is 0 Å². The fourth-order valence-corrected chi connectivity index (χ4v) is 5.12. The molecule has 2 aromatic rings. The quantitative estimate of drug-likeness (QED) is 0.720. The van der Waals surface area contributed by atoms with Gasteiger partial charge in [0.1, 0.15) is 10.6 Å². The first kappa shape index (κ1) is 22.1. The molecule has 0 radical (unpaired) electrons. The third-order valence-corrected chi connectivity index (χ3v) is 6.87. The topological polar surface area (TPSA) is 75.7 Å². The van der Waals surface area contributed by atoms with E-state index in [1.54, 1.807) is 19.1 Å². The van der Waals surface area contributed by atoms with Crippen LogP contribution in [0.4, 0.5) is 18.9 Å². The van der Waals surface area contributed by atoms with Crippen molar-refractivity contribution in [3.63, 3.8) is 0 Å². The number of anilines is 1. The minimum absolute atomic E-state index is 0.00212. The van der Waals surface area contributed by atoms with Gasteiger partial charge in [-0.15, -0.1) is 0 Å². The number of rotatable bonds is 5. The highest BCUT2D eigenvalue weighted by molar-refractivity contribution is 7.89. The summed E-state index contributed by atoms with van der Waals surface area (Å²) in [5, 5.41) is 2.22. The molecule has 2 aromatic carbocycles. The molecular formula is C20H21F3N2O4S. The van der Waals surface area contributed by atoms with Crippen LogP contribution in [-0.4, -0.2) is 38.8 Å². The van der Waals surface area contributed by atoms with Gasteiger partial charge in [0.25, 0.3) is 0 Å². The van der Waals surface area contributed by atoms with E-state index in [0.717, 1.165) is 11.6 Å². The summed E-state index contributed by atoms with van der Waals surface area (Å²) in [5.74, 6) is -5.82. The number of benzene rings is 2. The van der Waals surface area contributed by atoms with Crippen LogP contribution in [0.5, 0.6) is 5.75 Å². The molecule has 0 aromatic heterocycles. The van der Waals surface area contributed by atoms with Gasteiger partial charge in [0, 0.05) is 13.1 Å². The molecule has 10 heteroatoms. The minimum Gasteiger partial charge on any atom is -0.495 e. The zero-order valence-corrected chi connectivity index (χ0v) is 17.2. The third kappa shape index (κ3) is 4.29. The molecule has 6 nitrogen and oxygen atoms in total. The predicted octanol–water partition coefficient (Wildman–Crippen LogP) is 3.46. The lowest BCUT2D eigenvalue weighted by atomic mass is 9.98. The van der Waals surface area contributed by atoms with E-state index in [1.807, 2.05) is 0 Å². The predicted molar refractivity (Wildman–Crippen MR) is 104 cm³/mol. The second kappa shape index (κ2) is 8.65. The molecule has 1 saturated heterocycles. The number of carbonyl (C=O) groups excluding carboxylic acids is 1. The molecule has 0 spiro atoms. The maximum Gasteiger partial charge on any atom is 0.246 e. The molecular weight excluding hydrogens is 421 g/mol. The van der Waals surface area contributed by atoms with E-state index in [9.17, 15) is 26.4 Å². The number of hydrogen-bond donors (Lipinski definition) is 1. The first-order valence-electron chi connectivity index (χ1n) is 9.24. The van der Waals surface area contributed by atoms with Crippen LogP contribution in [0.15, 0.2) is 35.2 Å². The molecule has 0 aliphatic carbocycles. The molecule has 1 N–H and O–H groups in total. The van der Waals surface area contributed by atoms with Crippen molar-refractivity contribution in [2.75, 3.05) is 25.5 Å². The van der Waals surface area contributed by atoms with Crippen molar-refractivity contribution in [3.8, 4) is 5.75 Å². The van der Waals surface area contributed by atoms with Crippen molar-refractivity contribution in [2.24, 2.45) is 5.92 Å². The number of amides is 1. The fourth-order valence-electron chi connectivity index (χ4n) is 3.36. The summed E-state index contributed by atoms with van der Waals surface area (Å²) in [6.07, 6.45) is 0.778.